The fourth-order valence-electron chi connectivity index (χ4n) is 1.02. The fourth-order valence-corrected chi connectivity index (χ4v) is 2.24. The zero-order valence-electron chi connectivity index (χ0n) is 9.58. The van der Waals surface area contributed by atoms with Crippen molar-refractivity contribution in [2.75, 3.05) is 18.6 Å². The predicted molar refractivity (Wildman–Crippen MR) is 64.1 cm³/mol. The van der Waals surface area contributed by atoms with Crippen molar-refractivity contribution in [3.05, 3.63) is 0 Å². The van der Waals surface area contributed by atoms with Crippen molar-refractivity contribution in [1.29, 1.82) is 0 Å². The van der Waals surface area contributed by atoms with Crippen molar-refractivity contribution in [3.8, 4) is 0 Å². The van der Waals surface area contributed by atoms with Gasteiger partial charge in [-0.1, -0.05) is 0 Å². The second-order valence-electron chi connectivity index (χ2n) is 3.53. The summed E-state index contributed by atoms with van der Waals surface area (Å²) in [6.45, 7) is 3.07. The zero-order valence-corrected chi connectivity index (χ0v) is 10.4. The average molecular weight is 232 g/mol. The van der Waals surface area contributed by atoms with Crippen LogP contribution in [-0.4, -0.2) is 42.2 Å². The second kappa shape index (κ2) is 7.84. The highest BCUT2D eigenvalue weighted by Gasteiger charge is 2.12. The molecule has 0 rings (SSSR count). The maximum atomic E-state index is 11.1. The van der Waals surface area contributed by atoms with E-state index < -0.39 is 0 Å². The standard InChI is InChI=1S/C10H20N2O2S/c1-7(13)9(11)4-5-15-6-10(12-3)8(2)14/h9-10,12H,4-6,11H2,1-3H3/t9-,10-/m0/s1. The van der Waals surface area contributed by atoms with Crippen molar-refractivity contribution < 1.29 is 9.59 Å². The number of likely N-dealkylation sites (N-methyl/N-ethyl adjacent to an activating group) is 1. The van der Waals surface area contributed by atoms with Gasteiger partial charge in [0.05, 0.1) is 12.1 Å². The van der Waals surface area contributed by atoms with E-state index in [1.165, 1.54) is 6.92 Å². The van der Waals surface area contributed by atoms with Crippen LogP contribution in [0.3, 0.4) is 0 Å². The lowest BCUT2D eigenvalue weighted by Crippen LogP contribution is -2.35. The predicted octanol–water partition coefficient (Wildman–Crippen LogP) is 0.203. The molecule has 0 aliphatic rings. The molecule has 0 aromatic heterocycles. The first-order valence-corrected chi connectivity index (χ1v) is 6.16. The lowest BCUT2D eigenvalue weighted by atomic mass is 10.2. The van der Waals surface area contributed by atoms with Crippen LogP contribution < -0.4 is 11.1 Å². The van der Waals surface area contributed by atoms with Gasteiger partial charge in [0.25, 0.3) is 0 Å². The quantitative estimate of drug-likeness (QED) is 0.585. The van der Waals surface area contributed by atoms with Gasteiger partial charge in [0.15, 0.2) is 0 Å². The Labute approximate surface area is 95.4 Å². The summed E-state index contributed by atoms with van der Waals surface area (Å²) >= 11 is 1.64. The van der Waals surface area contributed by atoms with Crippen LogP contribution in [0.25, 0.3) is 0 Å². The molecule has 0 bridgehead atoms. The van der Waals surface area contributed by atoms with Gasteiger partial charge in [0.2, 0.25) is 0 Å². The molecule has 0 aliphatic carbocycles. The Balaban J connectivity index is 3.61. The van der Waals surface area contributed by atoms with Crippen LogP contribution in [0.4, 0.5) is 0 Å². The zero-order chi connectivity index (χ0) is 11.8. The fraction of sp³-hybridized carbons (Fsp3) is 0.800. The number of nitrogens with two attached hydrogens (primary N) is 1. The van der Waals surface area contributed by atoms with Gasteiger partial charge >= 0.3 is 0 Å². The third-order valence-corrected chi connectivity index (χ3v) is 3.31. The highest BCUT2D eigenvalue weighted by atomic mass is 32.2. The molecule has 0 aromatic rings. The lowest BCUT2D eigenvalue weighted by molar-refractivity contribution is -0.119. The van der Waals surface area contributed by atoms with Crippen LogP contribution >= 0.6 is 11.8 Å². The Morgan fingerprint density at radius 1 is 1.33 bits per heavy atom. The van der Waals surface area contributed by atoms with E-state index in [9.17, 15) is 9.59 Å². The normalized spacial score (nSPS) is 14.7. The summed E-state index contributed by atoms with van der Waals surface area (Å²) in [6.07, 6.45) is 0.675. The molecule has 4 nitrogen and oxygen atoms in total. The molecule has 0 fully saturated rings. The molecule has 0 unspecified atom stereocenters. The third kappa shape index (κ3) is 6.65. The maximum absolute atomic E-state index is 11.1. The molecule has 0 spiro atoms. The summed E-state index contributed by atoms with van der Waals surface area (Å²) in [7, 11) is 1.77. The van der Waals surface area contributed by atoms with E-state index in [2.05, 4.69) is 5.32 Å². The number of rotatable bonds is 8. The molecule has 0 radical (unpaired) electrons. The molecule has 0 saturated carbocycles. The van der Waals surface area contributed by atoms with E-state index in [-0.39, 0.29) is 23.7 Å². The number of nitrogens with one attached hydrogen (secondary N) is 1. The van der Waals surface area contributed by atoms with Crippen molar-refractivity contribution in [2.45, 2.75) is 32.4 Å². The molecule has 5 heteroatoms. The summed E-state index contributed by atoms with van der Waals surface area (Å²) < 4.78 is 0. The van der Waals surface area contributed by atoms with Crippen molar-refractivity contribution in [3.63, 3.8) is 0 Å². The Kier molecular flexibility index (Phi) is 7.64. The van der Waals surface area contributed by atoms with Crippen molar-refractivity contribution in [2.24, 2.45) is 5.73 Å². The van der Waals surface area contributed by atoms with E-state index in [1.807, 2.05) is 0 Å². The van der Waals surface area contributed by atoms with Gasteiger partial charge in [0, 0.05) is 5.75 Å². The minimum Gasteiger partial charge on any atom is -0.321 e. The van der Waals surface area contributed by atoms with Gasteiger partial charge < -0.3 is 11.1 Å². The smallest absolute Gasteiger partial charge is 0.147 e. The average Bonchev–Trinajstić information content (AvgIpc) is 2.16. The van der Waals surface area contributed by atoms with E-state index in [1.54, 1.807) is 25.7 Å². The third-order valence-electron chi connectivity index (χ3n) is 2.22. The van der Waals surface area contributed by atoms with Crippen molar-refractivity contribution in [1.82, 2.24) is 5.32 Å². The Morgan fingerprint density at radius 3 is 2.33 bits per heavy atom. The van der Waals surface area contributed by atoms with E-state index >= 15 is 0 Å². The Morgan fingerprint density at radius 2 is 1.93 bits per heavy atom. The first-order chi connectivity index (χ1) is 6.99. The molecule has 0 aromatic carbocycles. The molecule has 15 heavy (non-hydrogen) atoms. The van der Waals surface area contributed by atoms with Gasteiger partial charge in [-0.3, -0.25) is 9.59 Å². The van der Waals surface area contributed by atoms with Gasteiger partial charge in [-0.2, -0.15) is 11.8 Å². The van der Waals surface area contributed by atoms with E-state index in [0.717, 1.165) is 11.5 Å². The highest BCUT2D eigenvalue weighted by Crippen LogP contribution is 2.07. The largest absolute Gasteiger partial charge is 0.321 e. The number of hydrogen-bond donors (Lipinski definition) is 2. The van der Waals surface area contributed by atoms with Crippen LogP contribution in [0.1, 0.15) is 20.3 Å². The second-order valence-corrected chi connectivity index (χ2v) is 4.68. The highest BCUT2D eigenvalue weighted by molar-refractivity contribution is 7.99. The molecular formula is C10H20N2O2S. The number of carbonyl (C=O) groups excluding carboxylic acids is 2. The summed E-state index contributed by atoms with van der Waals surface area (Å²) in [5.74, 6) is 1.70. The first-order valence-electron chi connectivity index (χ1n) is 5.00. The minimum atomic E-state index is -0.358. The number of thioether (sulfide) groups is 1. The summed E-state index contributed by atoms with van der Waals surface area (Å²) in [4.78, 5) is 21.9. The van der Waals surface area contributed by atoms with Gasteiger partial charge in [-0.15, -0.1) is 0 Å². The van der Waals surface area contributed by atoms with Crippen LogP contribution in [-0.2, 0) is 9.59 Å². The van der Waals surface area contributed by atoms with Crippen LogP contribution in [0, 0.1) is 0 Å². The Bertz CT molecular complexity index is 221. The SMILES string of the molecule is CN[C@@H](CSCC[C@H](N)C(C)=O)C(C)=O. The molecule has 0 aliphatic heterocycles. The van der Waals surface area contributed by atoms with Gasteiger partial charge in [-0.05, 0) is 33.1 Å². The summed E-state index contributed by atoms with van der Waals surface area (Å²) in [6, 6.07) is -0.452. The molecular weight excluding hydrogens is 212 g/mol. The number of Topliss-reactive ketones (excluding diaryl/α,β-unsaturated/α-hetero) is 2. The van der Waals surface area contributed by atoms with E-state index in [0.29, 0.717) is 6.42 Å². The molecule has 2 atom stereocenters. The summed E-state index contributed by atoms with van der Waals surface area (Å²) in [5, 5.41) is 2.94. The Hall–Kier alpha value is -0.390. The molecule has 0 amide bonds. The topological polar surface area (TPSA) is 72.2 Å². The molecule has 0 heterocycles. The molecule has 0 saturated heterocycles. The minimum absolute atomic E-state index is 0.0207. The van der Waals surface area contributed by atoms with Crippen LogP contribution in [0.5, 0.6) is 0 Å². The van der Waals surface area contributed by atoms with Crippen molar-refractivity contribution >= 4 is 23.3 Å². The number of hydrogen-bond acceptors (Lipinski definition) is 5. The summed E-state index contributed by atoms with van der Waals surface area (Å²) in [5.41, 5.74) is 5.58. The van der Waals surface area contributed by atoms with Crippen LogP contribution in [0.15, 0.2) is 0 Å². The van der Waals surface area contributed by atoms with Gasteiger partial charge in [0.1, 0.15) is 11.6 Å². The number of carbonyl (C=O) groups is 2. The van der Waals surface area contributed by atoms with Gasteiger partial charge in [-0.25, -0.2) is 0 Å². The maximum Gasteiger partial charge on any atom is 0.147 e. The molecule has 88 valence electrons. The lowest BCUT2D eigenvalue weighted by Gasteiger charge is -2.12. The van der Waals surface area contributed by atoms with E-state index in [4.69, 9.17) is 5.73 Å². The number of ketones is 2. The molecule has 3 N–H and O–H groups in total. The first kappa shape index (κ1) is 14.6. The monoisotopic (exact) mass is 232 g/mol. The van der Waals surface area contributed by atoms with Crippen LogP contribution in [0.2, 0.25) is 0 Å².